The number of amides is 1. The number of hydrogen-bond donors (Lipinski definition) is 0. The van der Waals surface area contributed by atoms with Gasteiger partial charge in [0.25, 0.3) is 5.91 Å². The molecular weight excluding hydrogens is 362 g/mol. The summed E-state index contributed by atoms with van der Waals surface area (Å²) in [6.45, 7) is 5.24. The zero-order valence-corrected chi connectivity index (χ0v) is 15.9. The van der Waals surface area contributed by atoms with E-state index in [4.69, 9.17) is 0 Å². The largest absolute Gasteiger partial charge is 0.331 e. The van der Waals surface area contributed by atoms with E-state index in [1.807, 2.05) is 19.1 Å². The molecule has 0 fully saturated rings. The van der Waals surface area contributed by atoms with Gasteiger partial charge in [-0.1, -0.05) is 11.3 Å². The molecule has 4 rings (SSSR count). The van der Waals surface area contributed by atoms with Crippen LogP contribution in [0, 0.1) is 12.7 Å². The lowest BCUT2D eigenvalue weighted by Crippen LogP contribution is -2.35. The number of fused-ring (bicyclic) bond motifs is 1. The van der Waals surface area contributed by atoms with E-state index in [2.05, 4.69) is 10.3 Å². The highest BCUT2D eigenvalue weighted by Crippen LogP contribution is 2.30. The van der Waals surface area contributed by atoms with E-state index < -0.39 is 5.67 Å². The average molecular weight is 382 g/mol. The first kappa shape index (κ1) is 18.3. The van der Waals surface area contributed by atoms with Crippen LogP contribution in [0.4, 0.5) is 8.78 Å². The summed E-state index contributed by atoms with van der Waals surface area (Å²) in [6.07, 6.45) is 0. The van der Waals surface area contributed by atoms with Crippen LogP contribution in [0.15, 0.2) is 42.5 Å². The number of carbonyl (C=O) groups excluding carboxylic acids is 1. The van der Waals surface area contributed by atoms with Crippen molar-refractivity contribution in [1.82, 2.24) is 19.9 Å². The van der Waals surface area contributed by atoms with Crippen LogP contribution < -0.4 is 0 Å². The van der Waals surface area contributed by atoms with Crippen molar-refractivity contribution in [2.75, 3.05) is 6.54 Å². The third-order valence-electron chi connectivity index (χ3n) is 4.79. The van der Waals surface area contributed by atoms with E-state index >= 15 is 0 Å². The van der Waals surface area contributed by atoms with Gasteiger partial charge < -0.3 is 4.90 Å². The number of aromatic nitrogens is 3. The molecule has 1 aliphatic rings. The van der Waals surface area contributed by atoms with Crippen LogP contribution in [0.3, 0.4) is 0 Å². The Balaban J connectivity index is 1.65. The molecule has 0 saturated carbocycles. The van der Waals surface area contributed by atoms with Crippen LogP contribution in [-0.2, 0) is 6.54 Å². The fraction of sp³-hybridized carbons (Fsp3) is 0.286. The predicted octanol–water partition coefficient (Wildman–Crippen LogP) is 4.09. The van der Waals surface area contributed by atoms with E-state index in [1.165, 1.54) is 30.9 Å². The summed E-state index contributed by atoms with van der Waals surface area (Å²) in [5, 5.41) is 8.45. The molecule has 0 bridgehead atoms. The summed E-state index contributed by atoms with van der Waals surface area (Å²) in [5.74, 6) is -0.468. The van der Waals surface area contributed by atoms with Crippen molar-refractivity contribution in [3.05, 3.63) is 65.1 Å². The molecule has 3 aromatic rings. The Hall–Kier alpha value is -3.09. The van der Waals surface area contributed by atoms with Crippen molar-refractivity contribution in [3.8, 4) is 16.9 Å². The second-order valence-corrected chi connectivity index (χ2v) is 7.66. The second kappa shape index (κ2) is 6.51. The Morgan fingerprint density at radius 1 is 1.14 bits per heavy atom. The van der Waals surface area contributed by atoms with Crippen molar-refractivity contribution >= 4 is 5.91 Å². The van der Waals surface area contributed by atoms with Crippen LogP contribution in [-0.4, -0.2) is 38.0 Å². The van der Waals surface area contributed by atoms with Gasteiger partial charge >= 0.3 is 0 Å². The minimum absolute atomic E-state index is 0.0512. The molecule has 0 unspecified atom stereocenters. The molecule has 1 amide bonds. The van der Waals surface area contributed by atoms with Crippen LogP contribution in [0.5, 0.6) is 0 Å². The summed E-state index contributed by atoms with van der Waals surface area (Å²) >= 11 is 0. The van der Waals surface area contributed by atoms with Crippen molar-refractivity contribution < 1.29 is 13.6 Å². The van der Waals surface area contributed by atoms with E-state index in [1.54, 1.807) is 22.9 Å². The lowest BCUT2D eigenvalue weighted by atomic mass is 10.0. The Morgan fingerprint density at radius 2 is 1.86 bits per heavy atom. The smallest absolute Gasteiger partial charge is 0.254 e. The molecular formula is C21H20F2N4O. The Bertz CT molecular complexity index is 1050. The van der Waals surface area contributed by atoms with Gasteiger partial charge in [-0.3, -0.25) is 4.79 Å². The maximum Gasteiger partial charge on any atom is 0.254 e. The fourth-order valence-electron chi connectivity index (χ4n) is 3.53. The fourth-order valence-corrected chi connectivity index (χ4v) is 3.53. The van der Waals surface area contributed by atoms with E-state index in [9.17, 15) is 13.6 Å². The summed E-state index contributed by atoms with van der Waals surface area (Å²) in [7, 11) is 0. The van der Waals surface area contributed by atoms with Gasteiger partial charge in [0.2, 0.25) is 0 Å². The summed E-state index contributed by atoms with van der Waals surface area (Å²) in [5.41, 5.74) is 3.03. The average Bonchev–Trinajstić information content (AvgIpc) is 3.15. The number of carbonyl (C=O) groups is 1. The van der Waals surface area contributed by atoms with Crippen LogP contribution >= 0.6 is 0 Å². The quantitative estimate of drug-likeness (QED) is 0.683. The third-order valence-corrected chi connectivity index (χ3v) is 4.79. The second-order valence-electron chi connectivity index (χ2n) is 7.66. The summed E-state index contributed by atoms with van der Waals surface area (Å²) < 4.78 is 28.8. The number of hydrogen-bond acceptors (Lipinski definition) is 3. The molecule has 144 valence electrons. The van der Waals surface area contributed by atoms with Gasteiger partial charge in [-0.2, -0.15) is 0 Å². The van der Waals surface area contributed by atoms with E-state index in [0.717, 1.165) is 16.8 Å². The molecule has 0 atom stereocenters. The highest BCUT2D eigenvalue weighted by Gasteiger charge is 2.32. The first-order valence-electron chi connectivity index (χ1n) is 9.03. The highest BCUT2D eigenvalue weighted by molar-refractivity contribution is 5.99. The summed E-state index contributed by atoms with van der Waals surface area (Å²) in [4.78, 5) is 14.0. The highest BCUT2D eigenvalue weighted by atomic mass is 19.1. The number of alkyl halides is 1. The van der Waals surface area contributed by atoms with Gasteiger partial charge in [-0.25, -0.2) is 13.5 Å². The Morgan fingerprint density at radius 3 is 2.54 bits per heavy atom. The van der Waals surface area contributed by atoms with E-state index in [0.29, 0.717) is 23.5 Å². The molecule has 28 heavy (non-hydrogen) atoms. The van der Waals surface area contributed by atoms with Crippen LogP contribution in [0.2, 0.25) is 0 Å². The monoisotopic (exact) mass is 382 g/mol. The predicted molar refractivity (Wildman–Crippen MR) is 101 cm³/mol. The van der Waals surface area contributed by atoms with Gasteiger partial charge in [-0.15, -0.1) is 5.10 Å². The molecule has 2 heterocycles. The van der Waals surface area contributed by atoms with Gasteiger partial charge in [0.05, 0.1) is 17.9 Å². The molecule has 1 aliphatic heterocycles. The lowest BCUT2D eigenvalue weighted by molar-refractivity contribution is 0.0654. The normalized spacial score (nSPS) is 13.9. The molecule has 0 radical (unpaired) electrons. The van der Waals surface area contributed by atoms with Crippen molar-refractivity contribution in [2.24, 2.45) is 0 Å². The number of benzene rings is 2. The molecule has 0 spiro atoms. The summed E-state index contributed by atoms with van der Waals surface area (Å²) in [6, 6.07) is 11.5. The topological polar surface area (TPSA) is 51.0 Å². The van der Waals surface area contributed by atoms with E-state index in [-0.39, 0.29) is 18.3 Å². The molecule has 2 aromatic carbocycles. The zero-order valence-electron chi connectivity index (χ0n) is 15.9. The maximum absolute atomic E-state index is 14.0. The number of rotatable bonds is 4. The first-order valence-corrected chi connectivity index (χ1v) is 9.03. The van der Waals surface area contributed by atoms with Gasteiger partial charge in [0.15, 0.2) is 0 Å². The Labute approximate surface area is 161 Å². The third kappa shape index (κ3) is 3.28. The first-order chi connectivity index (χ1) is 13.2. The minimum Gasteiger partial charge on any atom is -0.331 e. The van der Waals surface area contributed by atoms with Crippen molar-refractivity contribution in [2.45, 2.75) is 33.0 Å². The minimum atomic E-state index is -1.45. The van der Waals surface area contributed by atoms with Crippen LogP contribution in [0.25, 0.3) is 16.9 Å². The van der Waals surface area contributed by atoms with Crippen molar-refractivity contribution in [1.29, 1.82) is 0 Å². The maximum atomic E-state index is 14.0. The van der Waals surface area contributed by atoms with Gasteiger partial charge in [0.1, 0.15) is 17.2 Å². The molecule has 0 N–H and O–H groups in total. The van der Waals surface area contributed by atoms with Gasteiger partial charge in [-0.05, 0) is 62.7 Å². The molecule has 0 saturated heterocycles. The SMILES string of the molecule is Cc1c(-c2ccc3c(c2)CN(CC(C)(C)F)C3=O)nnn1-c1ccc(F)cc1. The Kier molecular flexibility index (Phi) is 4.25. The molecule has 1 aromatic heterocycles. The van der Waals surface area contributed by atoms with Crippen molar-refractivity contribution in [3.63, 3.8) is 0 Å². The standard InChI is InChI=1S/C21H20F2N4O/c1-13-19(24-25-27(13)17-7-5-16(22)6-8-17)14-4-9-18-15(10-14)11-26(20(18)28)12-21(2,3)23/h4-10H,11-12H2,1-3H3. The zero-order chi connectivity index (χ0) is 20.1. The van der Waals surface area contributed by atoms with Crippen LogP contribution in [0.1, 0.15) is 35.5 Å². The molecule has 0 aliphatic carbocycles. The lowest BCUT2D eigenvalue weighted by Gasteiger charge is -2.22. The van der Waals surface area contributed by atoms with Gasteiger partial charge in [0, 0.05) is 17.7 Å². The molecule has 7 heteroatoms. The molecule has 5 nitrogen and oxygen atoms in total. The number of nitrogens with zero attached hydrogens (tertiary/aromatic N) is 4. The number of halogens is 2.